The lowest BCUT2D eigenvalue weighted by Crippen LogP contribution is -2.34. The molecule has 6 nitrogen and oxygen atoms in total. The molecule has 0 spiro atoms. The fourth-order valence-corrected chi connectivity index (χ4v) is 4.15. The molecule has 0 bridgehead atoms. The number of hydrogen-bond acceptors (Lipinski definition) is 4. The highest BCUT2D eigenvalue weighted by atomic mass is 16.5. The van der Waals surface area contributed by atoms with Crippen molar-refractivity contribution in [3.63, 3.8) is 0 Å². The lowest BCUT2D eigenvalue weighted by atomic mass is 10.1. The van der Waals surface area contributed by atoms with Gasteiger partial charge in [0.05, 0.1) is 30.4 Å². The van der Waals surface area contributed by atoms with Crippen LogP contribution >= 0.6 is 0 Å². The monoisotopic (exact) mass is 382 g/mol. The van der Waals surface area contributed by atoms with E-state index in [4.69, 9.17) is 4.74 Å². The Kier molecular flexibility index (Phi) is 5.95. The summed E-state index contributed by atoms with van der Waals surface area (Å²) in [5.41, 5.74) is 1.84. The van der Waals surface area contributed by atoms with Crippen LogP contribution in [-0.2, 0) is 4.79 Å². The zero-order valence-electron chi connectivity index (χ0n) is 16.7. The second-order valence-electron chi connectivity index (χ2n) is 7.87. The number of rotatable bonds is 7. The smallest absolute Gasteiger partial charge is 0.227 e. The molecule has 6 heteroatoms. The van der Waals surface area contributed by atoms with Gasteiger partial charge in [-0.25, -0.2) is 4.68 Å². The predicted octanol–water partition coefficient (Wildman–Crippen LogP) is 3.64. The summed E-state index contributed by atoms with van der Waals surface area (Å²) in [6, 6.07) is 8.71. The maximum atomic E-state index is 12.1. The summed E-state index contributed by atoms with van der Waals surface area (Å²) < 4.78 is 7.71. The molecule has 0 aliphatic carbocycles. The Morgan fingerprint density at radius 1 is 1.11 bits per heavy atom. The molecule has 3 heterocycles. The molecule has 150 valence electrons. The van der Waals surface area contributed by atoms with Crippen LogP contribution < -0.4 is 9.64 Å². The summed E-state index contributed by atoms with van der Waals surface area (Å²) in [4.78, 5) is 16.5. The minimum absolute atomic E-state index is 0.192. The third kappa shape index (κ3) is 4.38. The second kappa shape index (κ2) is 8.78. The Labute approximate surface area is 167 Å². The first-order chi connectivity index (χ1) is 13.7. The summed E-state index contributed by atoms with van der Waals surface area (Å²) in [6.07, 6.45) is 10.1. The lowest BCUT2D eigenvalue weighted by Gasteiger charge is -2.24. The van der Waals surface area contributed by atoms with Crippen LogP contribution in [0.1, 0.15) is 45.4 Å². The number of carbonyl (C=O) groups is 1. The first-order valence-electron chi connectivity index (χ1n) is 10.5. The van der Waals surface area contributed by atoms with E-state index in [0.717, 1.165) is 62.1 Å². The second-order valence-corrected chi connectivity index (χ2v) is 7.87. The normalized spacial score (nSPS) is 20.7. The zero-order valence-corrected chi connectivity index (χ0v) is 16.7. The average Bonchev–Trinajstić information content (AvgIpc) is 3.36. The summed E-state index contributed by atoms with van der Waals surface area (Å²) in [5.74, 6) is 1.08. The zero-order chi connectivity index (χ0) is 19.3. The molecule has 0 N–H and O–H groups in total. The first-order valence-corrected chi connectivity index (χ1v) is 10.5. The standard InChI is InChI=1S/C22H30N4O2/c1-18-6-4-12-24(18)13-5-15-28-21-10-8-19(9-11-21)26-17-20(16-23-26)25-14-3-2-7-22(25)27/h8-11,16-18H,2-7,12-15H2,1H3. The van der Waals surface area contributed by atoms with Gasteiger partial charge < -0.3 is 14.5 Å². The Bertz CT molecular complexity index is 786. The Hall–Kier alpha value is -2.34. The van der Waals surface area contributed by atoms with Gasteiger partial charge in [0.15, 0.2) is 0 Å². The van der Waals surface area contributed by atoms with E-state index >= 15 is 0 Å². The van der Waals surface area contributed by atoms with E-state index in [-0.39, 0.29) is 5.91 Å². The van der Waals surface area contributed by atoms with Crippen molar-refractivity contribution in [3.05, 3.63) is 36.7 Å². The van der Waals surface area contributed by atoms with Crippen molar-refractivity contribution in [1.29, 1.82) is 0 Å². The fourth-order valence-electron chi connectivity index (χ4n) is 4.15. The van der Waals surface area contributed by atoms with Gasteiger partial charge in [-0.2, -0.15) is 5.10 Å². The average molecular weight is 383 g/mol. The molecule has 0 saturated carbocycles. The van der Waals surface area contributed by atoms with E-state index in [1.165, 1.54) is 19.4 Å². The van der Waals surface area contributed by atoms with Crippen LogP contribution in [-0.4, -0.2) is 52.9 Å². The summed E-state index contributed by atoms with van der Waals surface area (Å²) in [5, 5.41) is 4.43. The molecule has 0 radical (unpaired) electrons. The van der Waals surface area contributed by atoms with Crippen molar-refractivity contribution >= 4 is 11.6 Å². The molecule has 1 amide bonds. The van der Waals surface area contributed by atoms with Crippen LogP contribution in [0.2, 0.25) is 0 Å². The van der Waals surface area contributed by atoms with Gasteiger partial charge in [0.1, 0.15) is 5.75 Å². The van der Waals surface area contributed by atoms with E-state index in [1.807, 2.05) is 40.0 Å². The van der Waals surface area contributed by atoms with E-state index < -0.39 is 0 Å². The predicted molar refractivity (Wildman–Crippen MR) is 110 cm³/mol. The molecule has 2 saturated heterocycles. The minimum Gasteiger partial charge on any atom is -0.494 e. The number of carbonyl (C=O) groups excluding carboxylic acids is 1. The molecule has 2 aromatic rings. The quantitative estimate of drug-likeness (QED) is 0.686. The number of ether oxygens (including phenoxy) is 1. The highest BCUT2D eigenvalue weighted by molar-refractivity contribution is 5.93. The van der Waals surface area contributed by atoms with Gasteiger partial charge in [-0.15, -0.1) is 0 Å². The van der Waals surface area contributed by atoms with Crippen molar-refractivity contribution in [2.24, 2.45) is 0 Å². The topological polar surface area (TPSA) is 50.6 Å². The number of benzene rings is 1. The van der Waals surface area contributed by atoms with E-state index in [2.05, 4.69) is 16.9 Å². The molecular formula is C22H30N4O2. The summed E-state index contributed by atoms with van der Waals surface area (Å²) in [7, 11) is 0. The van der Waals surface area contributed by atoms with Gasteiger partial charge in [0.25, 0.3) is 0 Å². The van der Waals surface area contributed by atoms with Crippen molar-refractivity contribution in [2.75, 3.05) is 31.1 Å². The largest absolute Gasteiger partial charge is 0.494 e. The van der Waals surface area contributed by atoms with Crippen molar-refractivity contribution in [1.82, 2.24) is 14.7 Å². The van der Waals surface area contributed by atoms with Gasteiger partial charge in [0.2, 0.25) is 5.91 Å². The number of hydrogen-bond donors (Lipinski definition) is 0. The molecule has 1 atom stereocenters. The Morgan fingerprint density at radius 2 is 1.96 bits per heavy atom. The van der Waals surface area contributed by atoms with Gasteiger partial charge >= 0.3 is 0 Å². The number of amides is 1. The van der Waals surface area contributed by atoms with E-state index in [9.17, 15) is 4.79 Å². The van der Waals surface area contributed by atoms with Crippen LogP contribution in [0.4, 0.5) is 5.69 Å². The highest BCUT2D eigenvalue weighted by Gasteiger charge is 2.21. The van der Waals surface area contributed by atoms with Crippen LogP contribution in [0.25, 0.3) is 5.69 Å². The molecule has 1 aromatic carbocycles. The Morgan fingerprint density at radius 3 is 2.71 bits per heavy atom. The first kappa shape index (κ1) is 19.0. The maximum absolute atomic E-state index is 12.1. The molecule has 2 fully saturated rings. The van der Waals surface area contributed by atoms with Gasteiger partial charge in [-0.05, 0) is 69.8 Å². The number of nitrogens with zero attached hydrogens (tertiary/aromatic N) is 4. The van der Waals surface area contributed by atoms with E-state index in [0.29, 0.717) is 6.42 Å². The SMILES string of the molecule is CC1CCCN1CCCOc1ccc(-n2cc(N3CCCCC3=O)cn2)cc1. The third-order valence-electron chi connectivity index (χ3n) is 5.85. The fraction of sp³-hybridized carbons (Fsp3) is 0.545. The minimum atomic E-state index is 0.192. The molecule has 1 aromatic heterocycles. The summed E-state index contributed by atoms with van der Waals surface area (Å²) >= 11 is 0. The molecule has 2 aliphatic heterocycles. The van der Waals surface area contributed by atoms with Crippen molar-refractivity contribution < 1.29 is 9.53 Å². The number of piperidine rings is 1. The van der Waals surface area contributed by atoms with Crippen molar-refractivity contribution in [3.8, 4) is 11.4 Å². The van der Waals surface area contributed by atoms with E-state index in [1.54, 1.807) is 6.20 Å². The van der Waals surface area contributed by atoms with Gasteiger partial charge in [0, 0.05) is 25.6 Å². The van der Waals surface area contributed by atoms with Crippen LogP contribution in [0, 0.1) is 0 Å². The highest BCUT2D eigenvalue weighted by Crippen LogP contribution is 2.22. The van der Waals surface area contributed by atoms with Crippen LogP contribution in [0.5, 0.6) is 5.75 Å². The Balaban J connectivity index is 1.29. The third-order valence-corrected chi connectivity index (χ3v) is 5.85. The molecule has 4 rings (SSSR count). The van der Waals surface area contributed by atoms with Crippen LogP contribution in [0.15, 0.2) is 36.7 Å². The molecule has 2 aliphatic rings. The van der Waals surface area contributed by atoms with Crippen molar-refractivity contribution in [2.45, 2.75) is 51.5 Å². The lowest BCUT2D eigenvalue weighted by molar-refractivity contribution is -0.119. The number of aromatic nitrogens is 2. The molecule has 28 heavy (non-hydrogen) atoms. The molecule has 1 unspecified atom stereocenters. The molecular weight excluding hydrogens is 352 g/mol. The number of anilines is 1. The maximum Gasteiger partial charge on any atom is 0.227 e. The number of likely N-dealkylation sites (tertiary alicyclic amines) is 1. The van der Waals surface area contributed by atoms with Gasteiger partial charge in [-0.3, -0.25) is 4.79 Å². The van der Waals surface area contributed by atoms with Crippen LogP contribution in [0.3, 0.4) is 0 Å². The summed E-state index contributed by atoms with van der Waals surface area (Å²) in [6.45, 7) is 6.18. The van der Waals surface area contributed by atoms with Gasteiger partial charge in [-0.1, -0.05) is 0 Å².